The van der Waals surface area contributed by atoms with Crippen LogP contribution >= 0.6 is 11.6 Å². The van der Waals surface area contributed by atoms with Crippen molar-refractivity contribution in [1.82, 2.24) is 14.9 Å². The van der Waals surface area contributed by atoms with E-state index in [0.717, 1.165) is 11.3 Å². The van der Waals surface area contributed by atoms with E-state index in [0.29, 0.717) is 0 Å². The summed E-state index contributed by atoms with van der Waals surface area (Å²) in [5.41, 5.74) is 2.15. The number of carbonyl (C=O) groups excluding carboxylic acids is 1. The highest BCUT2D eigenvalue weighted by atomic mass is 35.5. The molecule has 1 unspecified atom stereocenters. The lowest BCUT2D eigenvalue weighted by molar-refractivity contribution is -0.121. The maximum Gasteiger partial charge on any atom is 0.225 e. The van der Waals surface area contributed by atoms with Gasteiger partial charge >= 0.3 is 0 Å². The van der Waals surface area contributed by atoms with E-state index in [4.69, 9.17) is 11.6 Å². The summed E-state index contributed by atoms with van der Waals surface area (Å²) in [6.07, 6.45) is 5.20. The first-order valence-electron chi connectivity index (χ1n) is 7.85. The average Bonchev–Trinajstić information content (AvgIpc) is 3.13. The highest BCUT2D eigenvalue weighted by Crippen LogP contribution is 2.20. The van der Waals surface area contributed by atoms with Crippen molar-refractivity contribution in [3.05, 3.63) is 83.2 Å². The molecule has 25 heavy (non-hydrogen) atoms. The fourth-order valence-corrected chi connectivity index (χ4v) is 2.81. The molecule has 1 heterocycles. The molecule has 2 aromatic carbocycles. The lowest BCUT2D eigenvalue weighted by Gasteiger charge is -2.15. The van der Waals surface area contributed by atoms with Gasteiger partial charge in [-0.05, 0) is 36.8 Å². The highest BCUT2D eigenvalue weighted by molar-refractivity contribution is 6.31. The summed E-state index contributed by atoms with van der Waals surface area (Å²) in [6, 6.07) is 12.0. The summed E-state index contributed by atoms with van der Waals surface area (Å²) in [5.74, 6) is -0.752. The van der Waals surface area contributed by atoms with Gasteiger partial charge in [-0.1, -0.05) is 29.8 Å². The number of nitrogens with one attached hydrogen (secondary N) is 1. The van der Waals surface area contributed by atoms with Gasteiger partial charge < -0.3 is 9.88 Å². The molecule has 1 aromatic heterocycles. The predicted molar refractivity (Wildman–Crippen MR) is 95.2 cm³/mol. The highest BCUT2D eigenvalue weighted by Gasteiger charge is 2.14. The lowest BCUT2D eigenvalue weighted by Crippen LogP contribution is -2.28. The van der Waals surface area contributed by atoms with E-state index in [9.17, 15) is 9.18 Å². The van der Waals surface area contributed by atoms with Crippen LogP contribution in [0.3, 0.4) is 0 Å². The third-order valence-electron chi connectivity index (χ3n) is 3.97. The molecule has 1 N–H and O–H groups in total. The standard InChI is InChI=1S/C19H17ClFN3O/c1-13(14-5-7-15(8-6-14)24-10-9-22-12-24)23-19(25)11-16-17(20)3-2-4-18(16)21/h2-10,12-13H,11H2,1H3,(H,23,25). The van der Waals surface area contributed by atoms with Crippen molar-refractivity contribution in [2.75, 3.05) is 0 Å². The second-order valence-electron chi connectivity index (χ2n) is 5.73. The normalized spacial score (nSPS) is 12.0. The van der Waals surface area contributed by atoms with Crippen LogP contribution in [-0.4, -0.2) is 15.5 Å². The van der Waals surface area contributed by atoms with Crippen molar-refractivity contribution in [1.29, 1.82) is 0 Å². The number of hydrogen-bond acceptors (Lipinski definition) is 2. The summed E-state index contributed by atoms with van der Waals surface area (Å²) in [7, 11) is 0. The number of aromatic nitrogens is 2. The molecule has 3 aromatic rings. The molecule has 0 saturated heterocycles. The SMILES string of the molecule is CC(NC(=O)Cc1c(F)cccc1Cl)c1ccc(-n2ccnc2)cc1. The lowest BCUT2D eigenvalue weighted by atomic mass is 10.1. The van der Waals surface area contributed by atoms with Gasteiger partial charge in [0.25, 0.3) is 0 Å². The number of carbonyl (C=O) groups is 1. The van der Waals surface area contributed by atoms with E-state index in [-0.39, 0.29) is 29.0 Å². The molecule has 0 aliphatic carbocycles. The van der Waals surface area contributed by atoms with E-state index in [2.05, 4.69) is 10.3 Å². The van der Waals surface area contributed by atoms with Crippen molar-refractivity contribution in [2.45, 2.75) is 19.4 Å². The zero-order valence-corrected chi connectivity index (χ0v) is 14.4. The number of rotatable bonds is 5. The minimum absolute atomic E-state index is 0.0943. The number of amides is 1. The van der Waals surface area contributed by atoms with E-state index < -0.39 is 5.82 Å². The molecule has 0 bridgehead atoms. The van der Waals surface area contributed by atoms with Gasteiger partial charge in [0.1, 0.15) is 5.82 Å². The van der Waals surface area contributed by atoms with Crippen molar-refractivity contribution >= 4 is 17.5 Å². The van der Waals surface area contributed by atoms with Crippen LogP contribution in [0.2, 0.25) is 5.02 Å². The van der Waals surface area contributed by atoms with E-state index in [1.807, 2.05) is 42.0 Å². The zero-order valence-electron chi connectivity index (χ0n) is 13.6. The molecular weight excluding hydrogens is 341 g/mol. The number of benzene rings is 2. The largest absolute Gasteiger partial charge is 0.349 e. The number of halogens is 2. The van der Waals surface area contributed by atoms with Crippen molar-refractivity contribution < 1.29 is 9.18 Å². The summed E-state index contributed by atoms with van der Waals surface area (Å²) in [5, 5.41) is 3.13. The van der Waals surface area contributed by atoms with Gasteiger partial charge in [0.15, 0.2) is 0 Å². The first-order chi connectivity index (χ1) is 12.0. The molecule has 3 rings (SSSR count). The van der Waals surface area contributed by atoms with Gasteiger partial charge in [0.05, 0.1) is 18.8 Å². The monoisotopic (exact) mass is 357 g/mol. The average molecular weight is 358 g/mol. The molecule has 0 aliphatic rings. The Bertz CT molecular complexity index is 843. The quantitative estimate of drug-likeness (QED) is 0.747. The Morgan fingerprint density at radius 1 is 1.28 bits per heavy atom. The van der Waals surface area contributed by atoms with Gasteiger partial charge in [-0.2, -0.15) is 0 Å². The third-order valence-corrected chi connectivity index (χ3v) is 4.33. The second kappa shape index (κ2) is 7.49. The Labute approximate surface area is 150 Å². The Kier molecular flexibility index (Phi) is 5.14. The number of hydrogen-bond donors (Lipinski definition) is 1. The van der Waals surface area contributed by atoms with Crippen LogP contribution in [0.15, 0.2) is 61.2 Å². The summed E-state index contributed by atoms with van der Waals surface area (Å²) >= 11 is 5.97. The van der Waals surface area contributed by atoms with Crippen LogP contribution in [0.25, 0.3) is 5.69 Å². The second-order valence-corrected chi connectivity index (χ2v) is 6.13. The van der Waals surface area contributed by atoms with E-state index in [1.165, 1.54) is 12.1 Å². The molecular formula is C19H17ClFN3O. The molecule has 1 amide bonds. The first-order valence-corrected chi connectivity index (χ1v) is 8.23. The zero-order chi connectivity index (χ0) is 17.8. The predicted octanol–water partition coefficient (Wildman–Crippen LogP) is 4.08. The van der Waals surface area contributed by atoms with Gasteiger partial charge in [0, 0.05) is 28.7 Å². The molecule has 0 aliphatic heterocycles. The van der Waals surface area contributed by atoms with Crippen LogP contribution in [0.5, 0.6) is 0 Å². The van der Waals surface area contributed by atoms with Crippen molar-refractivity contribution in [3.8, 4) is 5.69 Å². The maximum absolute atomic E-state index is 13.8. The van der Waals surface area contributed by atoms with Crippen LogP contribution in [0.4, 0.5) is 4.39 Å². The van der Waals surface area contributed by atoms with Gasteiger partial charge in [0.2, 0.25) is 5.91 Å². The van der Waals surface area contributed by atoms with E-state index >= 15 is 0 Å². The Morgan fingerprint density at radius 3 is 2.68 bits per heavy atom. The summed E-state index contributed by atoms with van der Waals surface area (Å²) in [6.45, 7) is 1.88. The Balaban J connectivity index is 1.65. The molecule has 0 fully saturated rings. The number of nitrogens with zero attached hydrogens (tertiary/aromatic N) is 2. The Hall–Kier alpha value is -2.66. The molecule has 0 saturated carbocycles. The summed E-state index contributed by atoms with van der Waals surface area (Å²) < 4.78 is 15.7. The molecule has 0 radical (unpaired) electrons. The minimum atomic E-state index is -0.472. The fourth-order valence-electron chi connectivity index (χ4n) is 2.58. The van der Waals surface area contributed by atoms with Gasteiger partial charge in [-0.15, -0.1) is 0 Å². The van der Waals surface area contributed by atoms with Gasteiger partial charge in [-0.3, -0.25) is 4.79 Å². The summed E-state index contributed by atoms with van der Waals surface area (Å²) in [4.78, 5) is 16.2. The number of imidazole rings is 1. The molecule has 6 heteroatoms. The maximum atomic E-state index is 13.8. The van der Waals surface area contributed by atoms with Crippen LogP contribution in [0.1, 0.15) is 24.1 Å². The van der Waals surface area contributed by atoms with Gasteiger partial charge in [-0.25, -0.2) is 9.37 Å². The molecule has 4 nitrogen and oxygen atoms in total. The van der Waals surface area contributed by atoms with Crippen molar-refractivity contribution in [3.63, 3.8) is 0 Å². The van der Waals surface area contributed by atoms with Crippen molar-refractivity contribution in [2.24, 2.45) is 0 Å². The Morgan fingerprint density at radius 2 is 2.04 bits per heavy atom. The smallest absolute Gasteiger partial charge is 0.225 e. The third kappa shape index (κ3) is 4.06. The fraction of sp³-hybridized carbons (Fsp3) is 0.158. The van der Waals surface area contributed by atoms with Crippen LogP contribution in [-0.2, 0) is 11.2 Å². The van der Waals surface area contributed by atoms with Crippen LogP contribution < -0.4 is 5.32 Å². The molecule has 128 valence electrons. The topological polar surface area (TPSA) is 46.9 Å². The molecule has 1 atom stereocenters. The molecule has 0 spiro atoms. The minimum Gasteiger partial charge on any atom is -0.349 e. The first kappa shape index (κ1) is 17.2. The van der Waals surface area contributed by atoms with E-state index in [1.54, 1.807) is 18.6 Å². The van der Waals surface area contributed by atoms with Crippen LogP contribution in [0, 0.1) is 5.82 Å².